The minimum Gasteiger partial charge on any atom is -0.439 e. The molecule has 4 rings (SSSR count). The largest absolute Gasteiger partial charge is 0.439 e. The predicted molar refractivity (Wildman–Crippen MR) is 99.8 cm³/mol. The third kappa shape index (κ3) is 3.23. The molecule has 0 saturated heterocycles. The molecule has 0 aliphatic carbocycles. The molecular formula is C21H15FN4O. The molecule has 132 valence electrons. The monoisotopic (exact) mass is 358 g/mol. The number of nitrogens with zero attached hydrogens (tertiary/aromatic N) is 4. The number of hydrogen-bond donors (Lipinski definition) is 0. The number of ether oxygens (including phenoxy) is 1. The van der Waals surface area contributed by atoms with E-state index in [4.69, 9.17) is 10.00 Å². The highest BCUT2D eigenvalue weighted by molar-refractivity contribution is 5.77. The molecule has 2 aromatic carbocycles. The molecule has 0 spiro atoms. The van der Waals surface area contributed by atoms with E-state index >= 15 is 0 Å². The van der Waals surface area contributed by atoms with Gasteiger partial charge in [-0.3, -0.25) is 0 Å². The predicted octanol–water partition coefficient (Wildman–Crippen LogP) is 4.92. The minimum atomic E-state index is -0.283. The van der Waals surface area contributed by atoms with Gasteiger partial charge in [-0.25, -0.2) is 9.37 Å². The molecule has 6 heteroatoms. The fraction of sp³-hybridized carbons (Fsp3) is 0.0952. The van der Waals surface area contributed by atoms with E-state index in [0.717, 1.165) is 16.9 Å². The first-order valence-electron chi connectivity index (χ1n) is 8.49. The summed E-state index contributed by atoms with van der Waals surface area (Å²) in [4.78, 5) is 9.23. The van der Waals surface area contributed by atoms with Crippen LogP contribution in [0.25, 0.3) is 22.6 Å². The molecule has 2 heterocycles. The Kier molecular flexibility index (Phi) is 4.27. The summed E-state index contributed by atoms with van der Waals surface area (Å²) in [5.41, 5.74) is 2.83. The number of aromatic nitrogens is 3. The Morgan fingerprint density at radius 2 is 1.74 bits per heavy atom. The number of hydrogen-bond acceptors (Lipinski definition) is 4. The number of rotatable bonds is 4. The van der Waals surface area contributed by atoms with Gasteiger partial charge in [-0.05, 0) is 61.5 Å². The van der Waals surface area contributed by atoms with Crippen molar-refractivity contribution in [3.05, 3.63) is 72.0 Å². The van der Waals surface area contributed by atoms with Crippen molar-refractivity contribution in [1.82, 2.24) is 14.5 Å². The van der Waals surface area contributed by atoms with Crippen molar-refractivity contribution in [1.29, 1.82) is 5.26 Å². The quantitative estimate of drug-likeness (QED) is 0.519. The van der Waals surface area contributed by atoms with Gasteiger partial charge >= 0.3 is 0 Å². The molecule has 4 aromatic rings. The minimum absolute atomic E-state index is 0.283. The lowest BCUT2D eigenvalue weighted by molar-refractivity contribution is 0.464. The fourth-order valence-corrected chi connectivity index (χ4v) is 2.88. The Bertz CT molecular complexity index is 1140. The van der Waals surface area contributed by atoms with E-state index in [9.17, 15) is 4.39 Å². The zero-order valence-corrected chi connectivity index (χ0v) is 14.6. The van der Waals surface area contributed by atoms with E-state index < -0.39 is 0 Å². The number of nitriles is 1. The van der Waals surface area contributed by atoms with E-state index in [0.29, 0.717) is 29.4 Å². The van der Waals surface area contributed by atoms with E-state index in [1.165, 1.54) is 12.1 Å². The highest BCUT2D eigenvalue weighted by atomic mass is 19.1. The zero-order valence-electron chi connectivity index (χ0n) is 14.6. The van der Waals surface area contributed by atoms with Gasteiger partial charge in [-0.2, -0.15) is 10.2 Å². The van der Waals surface area contributed by atoms with Crippen molar-refractivity contribution in [3.8, 4) is 29.1 Å². The summed E-state index contributed by atoms with van der Waals surface area (Å²) in [5, 5.41) is 8.87. The van der Waals surface area contributed by atoms with E-state index in [1.54, 1.807) is 42.5 Å². The summed E-state index contributed by atoms with van der Waals surface area (Å²) in [6.07, 6.45) is 0. The summed E-state index contributed by atoms with van der Waals surface area (Å²) in [6, 6.07) is 18.8. The second kappa shape index (κ2) is 6.89. The smallest absolute Gasteiger partial charge is 0.221 e. The number of benzene rings is 2. The van der Waals surface area contributed by atoms with Gasteiger partial charge in [-0.15, -0.1) is 0 Å². The lowest BCUT2D eigenvalue weighted by Gasteiger charge is -2.07. The Morgan fingerprint density at radius 3 is 2.41 bits per heavy atom. The summed E-state index contributed by atoms with van der Waals surface area (Å²) in [5.74, 6) is 1.49. The Morgan fingerprint density at radius 1 is 1.00 bits per heavy atom. The van der Waals surface area contributed by atoms with Crippen LogP contribution < -0.4 is 4.74 Å². The SMILES string of the molecule is CCn1c(-c2ccc(F)cc2)nc2ccc(Oc3ccc(C#N)cc3)nc21. The standard InChI is InChI=1S/C21H15FN4O/c1-2-26-20(15-5-7-16(22)8-6-15)24-18-11-12-19(25-21(18)26)27-17-9-3-14(13-23)4-10-17/h3-12H,2H2,1H3. The molecule has 0 atom stereocenters. The highest BCUT2D eigenvalue weighted by Gasteiger charge is 2.14. The van der Waals surface area contributed by atoms with Gasteiger partial charge < -0.3 is 9.30 Å². The van der Waals surface area contributed by atoms with Gasteiger partial charge in [0.2, 0.25) is 5.88 Å². The summed E-state index contributed by atoms with van der Waals surface area (Å²) >= 11 is 0. The normalized spacial score (nSPS) is 10.7. The summed E-state index contributed by atoms with van der Waals surface area (Å²) < 4.78 is 21.0. The number of halogens is 1. The van der Waals surface area contributed by atoms with Gasteiger partial charge in [0.15, 0.2) is 5.65 Å². The second-order valence-corrected chi connectivity index (χ2v) is 5.92. The molecule has 0 aliphatic rings. The first kappa shape index (κ1) is 16.7. The summed E-state index contributed by atoms with van der Waals surface area (Å²) in [6.45, 7) is 2.67. The first-order valence-corrected chi connectivity index (χ1v) is 8.49. The zero-order chi connectivity index (χ0) is 18.8. The molecule has 2 aromatic heterocycles. The van der Waals surface area contributed by atoms with Crippen molar-refractivity contribution in [3.63, 3.8) is 0 Å². The fourth-order valence-electron chi connectivity index (χ4n) is 2.88. The van der Waals surface area contributed by atoms with Crippen LogP contribution in [0, 0.1) is 17.1 Å². The maximum absolute atomic E-state index is 13.2. The number of imidazole rings is 1. The molecule has 0 amide bonds. The molecule has 27 heavy (non-hydrogen) atoms. The van der Waals surface area contributed by atoms with Crippen molar-refractivity contribution in [2.75, 3.05) is 0 Å². The van der Waals surface area contributed by atoms with E-state index in [1.807, 2.05) is 17.6 Å². The number of pyridine rings is 1. The van der Waals surface area contributed by atoms with Crippen LogP contribution in [0.5, 0.6) is 11.6 Å². The highest BCUT2D eigenvalue weighted by Crippen LogP contribution is 2.27. The van der Waals surface area contributed by atoms with Crippen molar-refractivity contribution in [2.45, 2.75) is 13.5 Å². The number of fused-ring (bicyclic) bond motifs is 1. The van der Waals surface area contributed by atoms with Gasteiger partial charge in [-0.1, -0.05) is 0 Å². The van der Waals surface area contributed by atoms with Crippen LogP contribution in [0.15, 0.2) is 60.7 Å². The maximum Gasteiger partial charge on any atom is 0.221 e. The van der Waals surface area contributed by atoms with E-state index in [-0.39, 0.29) is 5.82 Å². The third-order valence-corrected chi connectivity index (χ3v) is 4.19. The molecule has 0 saturated carbocycles. The lowest BCUT2D eigenvalue weighted by atomic mass is 10.2. The van der Waals surface area contributed by atoms with Crippen LogP contribution in [0.4, 0.5) is 4.39 Å². The Labute approximate surface area is 155 Å². The first-order chi connectivity index (χ1) is 13.2. The van der Waals surface area contributed by atoms with Crippen LogP contribution in [0.3, 0.4) is 0 Å². The van der Waals surface area contributed by atoms with Crippen molar-refractivity contribution < 1.29 is 9.13 Å². The molecule has 0 bridgehead atoms. The van der Waals surface area contributed by atoms with Gasteiger partial charge in [0.25, 0.3) is 0 Å². The van der Waals surface area contributed by atoms with Gasteiger partial charge in [0.05, 0.1) is 11.6 Å². The van der Waals surface area contributed by atoms with Gasteiger partial charge in [0.1, 0.15) is 22.9 Å². The average molecular weight is 358 g/mol. The Balaban J connectivity index is 1.73. The van der Waals surface area contributed by atoms with Crippen LogP contribution >= 0.6 is 0 Å². The maximum atomic E-state index is 13.2. The summed E-state index contributed by atoms with van der Waals surface area (Å²) in [7, 11) is 0. The average Bonchev–Trinajstić information content (AvgIpc) is 3.07. The molecule has 5 nitrogen and oxygen atoms in total. The molecule has 0 radical (unpaired) electrons. The molecule has 0 aliphatic heterocycles. The van der Waals surface area contributed by atoms with Crippen LogP contribution in [0.2, 0.25) is 0 Å². The topological polar surface area (TPSA) is 63.7 Å². The molecule has 0 unspecified atom stereocenters. The van der Waals surface area contributed by atoms with Crippen molar-refractivity contribution in [2.24, 2.45) is 0 Å². The third-order valence-electron chi connectivity index (χ3n) is 4.19. The molecular weight excluding hydrogens is 343 g/mol. The van der Waals surface area contributed by atoms with Gasteiger partial charge in [0, 0.05) is 18.2 Å². The molecule has 0 N–H and O–H groups in total. The van der Waals surface area contributed by atoms with Crippen LogP contribution in [-0.4, -0.2) is 14.5 Å². The number of aryl methyl sites for hydroxylation is 1. The Hall–Kier alpha value is -3.72. The molecule has 0 fully saturated rings. The van der Waals surface area contributed by atoms with Crippen LogP contribution in [0.1, 0.15) is 12.5 Å². The lowest BCUT2D eigenvalue weighted by Crippen LogP contribution is -1.99. The second-order valence-electron chi connectivity index (χ2n) is 5.92. The van der Waals surface area contributed by atoms with Crippen molar-refractivity contribution >= 4 is 11.2 Å². The van der Waals surface area contributed by atoms with Crippen LogP contribution in [-0.2, 0) is 6.54 Å². The van der Waals surface area contributed by atoms with E-state index in [2.05, 4.69) is 16.0 Å².